The van der Waals surface area contributed by atoms with Crippen LogP contribution in [-0.2, 0) is 9.53 Å². The third-order valence-corrected chi connectivity index (χ3v) is 1.16. The second-order valence-corrected chi connectivity index (χ2v) is 1.93. The van der Waals surface area contributed by atoms with Gasteiger partial charge in [0.15, 0.2) is 6.04 Å². The molecule has 0 N–H and O–H groups in total. The molecule has 0 spiro atoms. The Morgan fingerprint density at radius 2 is 2.30 bits per heavy atom. The minimum Gasteiger partial charge on any atom is -0.467 e. The van der Waals surface area contributed by atoms with Crippen molar-refractivity contribution in [2.45, 2.75) is 25.8 Å². The van der Waals surface area contributed by atoms with E-state index in [2.05, 4.69) is 9.91 Å². The van der Waals surface area contributed by atoms with Crippen LogP contribution in [0.2, 0.25) is 0 Å². The van der Waals surface area contributed by atoms with Gasteiger partial charge in [-0.15, -0.1) is 4.91 Å². The Morgan fingerprint density at radius 3 is 2.60 bits per heavy atom. The zero-order valence-electron chi connectivity index (χ0n) is 6.16. The van der Waals surface area contributed by atoms with Gasteiger partial charge >= 0.3 is 5.97 Å². The quantitative estimate of drug-likeness (QED) is 0.439. The van der Waals surface area contributed by atoms with E-state index >= 15 is 0 Å². The molecular formula is C6H11NO3. The number of esters is 1. The van der Waals surface area contributed by atoms with E-state index in [4.69, 9.17) is 0 Å². The smallest absolute Gasteiger partial charge is 0.334 e. The molecule has 1 unspecified atom stereocenters. The molecule has 0 aliphatic heterocycles. The van der Waals surface area contributed by atoms with E-state index in [-0.39, 0.29) is 0 Å². The molecule has 0 saturated carbocycles. The number of rotatable bonds is 4. The highest BCUT2D eigenvalue weighted by molar-refractivity contribution is 5.75. The average molecular weight is 145 g/mol. The highest BCUT2D eigenvalue weighted by Gasteiger charge is 2.17. The minimum atomic E-state index is -0.810. The Kier molecular flexibility index (Phi) is 4.45. The van der Waals surface area contributed by atoms with Crippen LogP contribution in [0.15, 0.2) is 5.18 Å². The van der Waals surface area contributed by atoms with Gasteiger partial charge in [0.05, 0.1) is 7.11 Å². The lowest BCUT2D eigenvalue weighted by Crippen LogP contribution is -2.18. The van der Waals surface area contributed by atoms with Gasteiger partial charge in [0, 0.05) is 0 Å². The fourth-order valence-electron chi connectivity index (χ4n) is 0.623. The van der Waals surface area contributed by atoms with E-state index in [9.17, 15) is 9.70 Å². The van der Waals surface area contributed by atoms with E-state index in [1.807, 2.05) is 6.92 Å². The van der Waals surface area contributed by atoms with Crippen molar-refractivity contribution in [3.63, 3.8) is 0 Å². The van der Waals surface area contributed by atoms with E-state index in [1.54, 1.807) is 0 Å². The topological polar surface area (TPSA) is 55.7 Å². The maximum Gasteiger partial charge on any atom is 0.334 e. The first-order valence-corrected chi connectivity index (χ1v) is 3.16. The summed E-state index contributed by atoms with van der Waals surface area (Å²) < 4.78 is 4.32. The fourth-order valence-corrected chi connectivity index (χ4v) is 0.623. The van der Waals surface area contributed by atoms with Crippen LogP contribution in [0.1, 0.15) is 19.8 Å². The van der Waals surface area contributed by atoms with Gasteiger partial charge < -0.3 is 4.74 Å². The summed E-state index contributed by atoms with van der Waals surface area (Å²) in [5.74, 6) is -0.545. The summed E-state index contributed by atoms with van der Waals surface area (Å²) in [6, 6.07) is -0.810. The predicted molar refractivity (Wildman–Crippen MR) is 36.5 cm³/mol. The zero-order valence-corrected chi connectivity index (χ0v) is 6.16. The van der Waals surface area contributed by atoms with Crippen molar-refractivity contribution in [2.75, 3.05) is 7.11 Å². The number of carbonyl (C=O) groups excluding carboxylic acids is 1. The molecule has 0 heterocycles. The summed E-state index contributed by atoms with van der Waals surface area (Å²) in [7, 11) is 1.25. The van der Waals surface area contributed by atoms with Crippen molar-refractivity contribution in [3.8, 4) is 0 Å². The zero-order chi connectivity index (χ0) is 7.98. The van der Waals surface area contributed by atoms with Gasteiger partial charge in [-0.3, -0.25) is 0 Å². The van der Waals surface area contributed by atoms with Crippen LogP contribution in [-0.4, -0.2) is 19.1 Å². The summed E-state index contributed by atoms with van der Waals surface area (Å²) in [6.07, 6.45) is 1.22. The summed E-state index contributed by atoms with van der Waals surface area (Å²) in [6.45, 7) is 1.88. The third-order valence-electron chi connectivity index (χ3n) is 1.16. The molecule has 0 aromatic carbocycles. The molecule has 0 aliphatic carbocycles. The molecule has 0 bridgehead atoms. The molecular weight excluding hydrogens is 134 g/mol. The Balaban J connectivity index is 3.80. The SMILES string of the molecule is CCCC(N=O)C(=O)OC. The van der Waals surface area contributed by atoms with Gasteiger partial charge in [0.1, 0.15) is 0 Å². The molecule has 0 aromatic rings. The molecule has 0 fully saturated rings. The standard InChI is InChI=1S/C6H11NO3/c1-3-4-5(7-9)6(8)10-2/h5H,3-4H2,1-2H3. The van der Waals surface area contributed by atoms with Crippen LogP contribution in [0.3, 0.4) is 0 Å². The predicted octanol–water partition coefficient (Wildman–Crippen LogP) is 1.09. The van der Waals surface area contributed by atoms with Gasteiger partial charge in [-0.25, -0.2) is 4.79 Å². The summed E-state index contributed by atoms with van der Waals surface area (Å²) >= 11 is 0. The van der Waals surface area contributed by atoms with E-state index in [0.29, 0.717) is 6.42 Å². The molecule has 4 nitrogen and oxygen atoms in total. The highest BCUT2D eigenvalue weighted by atomic mass is 16.5. The molecule has 4 heteroatoms. The first-order chi connectivity index (χ1) is 4.76. The van der Waals surface area contributed by atoms with Crippen LogP contribution < -0.4 is 0 Å². The van der Waals surface area contributed by atoms with Crippen LogP contribution in [0.4, 0.5) is 0 Å². The van der Waals surface area contributed by atoms with E-state index < -0.39 is 12.0 Å². The number of nitrogens with zero attached hydrogens (tertiary/aromatic N) is 1. The number of ether oxygens (including phenoxy) is 1. The molecule has 0 rings (SSSR count). The normalized spacial score (nSPS) is 12.2. The molecule has 0 aromatic heterocycles. The summed E-state index contributed by atoms with van der Waals surface area (Å²) in [5.41, 5.74) is 0. The van der Waals surface area contributed by atoms with Crippen molar-refractivity contribution in [1.82, 2.24) is 0 Å². The molecule has 0 radical (unpaired) electrons. The average Bonchev–Trinajstić information content (AvgIpc) is 1.99. The monoisotopic (exact) mass is 145 g/mol. The number of methoxy groups -OCH3 is 1. The van der Waals surface area contributed by atoms with Crippen molar-refractivity contribution in [2.24, 2.45) is 5.18 Å². The molecule has 1 atom stereocenters. The Bertz CT molecular complexity index is 124. The largest absolute Gasteiger partial charge is 0.467 e. The second kappa shape index (κ2) is 4.90. The van der Waals surface area contributed by atoms with Gasteiger partial charge in [-0.05, 0) is 6.42 Å². The molecule has 58 valence electrons. The Labute approximate surface area is 59.5 Å². The lowest BCUT2D eigenvalue weighted by molar-refractivity contribution is -0.142. The van der Waals surface area contributed by atoms with Crippen molar-refractivity contribution in [3.05, 3.63) is 4.91 Å². The van der Waals surface area contributed by atoms with Crippen molar-refractivity contribution in [1.29, 1.82) is 0 Å². The first-order valence-electron chi connectivity index (χ1n) is 3.16. The fraction of sp³-hybridized carbons (Fsp3) is 0.833. The first kappa shape index (κ1) is 9.07. The molecule has 10 heavy (non-hydrogen) atoms. The lowest BCUT2D eigenvalue weighted by Gasteiger charge is -2.02. The van der Waals surface area contributed by atoms with Gasteiger partial charge in [0.25, 0.3) is 0 Å². The van der Waals surface area contributed by atoms with E-state index in [1.165, 1.54) is 7.11 Å². The van der Waals surface area contributed by atoms with Gasteiger partial charge in [-0.1, -0.05) is 18.5 Å². The maximum absolute atomic E-state index is 10.6. The number of nitroso groups, excluding NO2 is 1. The molecule has 0 saturated heterocycles. The lowest BCUT2D eigenvalue weighted by atomic mass is 10.2. The minimum absolute atomic E-state index is 0.468. The Morgan fingerprint density at radius 1 is 1.70 bits per heavy atom. The summed E-state index contributed by atoms with van der Waals surface area (Å²) in [4.78, 5) is 20.6. The van der Waals surface area contributed by atoms with Gasteiger partial charge in [0.2, 0.25) is 0 Å². The molecule has 0 aliphatic rings. The number of carbonyl (C=O) groups is 1. The van der Waals surface area contributed by atoms with Gasteiger partial charge in [-0.2, -0.15) is 0 Å². The van der Waals surface area contributed by atoms with Crippen LogP contribution in [0, 0.1) is 4.91 Å². The number of hydrogen-bond acceptors (Lipinski definition) is 4. The van der Waals surface area contributed by atoms with E-state index in [0.717, 1.165) is 6.42 Å². The van der Waals surface area contributed by atoms with Crippen LogP contribution >= 0.6 is 0 Å². The maximum atomic E-state index is 10.6. The third kappa shape index (κ3) is 2.57. The van der Waals surface area contributed by atoms with Crippen LogP contribution in [0.5, 0.6) is 0 Å². The number of hydrogen-bond donors (Lipinski definition) is 0. The second-order valence-electron chi connectivity index (χ2n) is 1.93. The Hall–Kier alpha value is -0.930. The van der Waals surface area contributed by atoms with Crippen LogP contribution in [0.25, 0.3) is 0 Å². The van der Waals surface area contributed by atoms with Crippen molar-refractivity contribution < 1.29 is 9.53 Å². The van der Waals surface area contributed by atoms with Crippen molar-refractivity contribution >= 4 is 5.97 Å². The molecule has 0 amide bonds. The summed E-state index contributed by atoms with van der Waals surface area (Å²) in [5, 5.41) is 2.62. The highest BCUT2D eigenvalue weighted by Crippen LogP contribution is 2.02.